The van der Waals surface area contributed by atoms with Gasteiger partial charge in [-0.15, -0.1) is 0 Å². The highest BCUT2D eigenvalue weighted by Crippen LogP contribution is 2.41. The largest absolute Gasteiger partial charge is 0.478 e. The summed E-state index contributed by atoms with van der Waals surface area (Å²) in [6.45, 7) is 11.2. The van der Waals surface area contributed by atoms with Gasteiger partial charge in [0.05, 0.1) is 5.56 Å². The summed E-state index contributed by atoms with van der Waals surface area (Å²) in [5.41, 5.74) is 1.93. The van der Waals surface area contributed by atoms with Crippen LogP contribution < -0.4 is 0 Å². The van der Waals surface area contributed by atoms with Crippen LogP contribution in [0.1, 0.15) is 43.6 Å². The molecule has 3 nitrogen and oxygen atoms in total. The Kier molecular flexibility index (Phi) is 3.68. The molecule has 1 fully saturated rings. The molecule has 19 heavy (non-hydrogen) atoms. The van der Waals surface area contributed by atoms with Crippen molar-refractivity contribution in [3.63, 3.8) is 0 Å². The molecular weight excluding hydrogens is 238 g/mol. The van der Waals surface area contributed by atoms with Crippen LogP contribution in [0.5, 0.6) is 0 Å². The smallest absolute Gasteiger partial charge is 0.335 e. The number of carbonyl (C=O) groups is 1. The molecule has 3 heteroatoms. The molecule has 1 heterocycles. The van der Waals surface area contributed by atoms with Gasteiger partial charge in [-0.05, 0) is 29.0 Å². The molecule has 0 bridgehead atoms. The highest BCUT2D eigenvalue weighted by atomic mass is 16.4. The molecule has 2 rings (SSSR count). The second kappa shape index (κ2) is 4.97. The van der Waals surface area contributed by atoms with E-state index in [1.807, 2.05) is 12.1 Å². The average Bonchev–Trinajstić information content (AvgIpc) is 2.27. The van der Waals surface area contributed by atoms with Crippen LogP contribution in [0.4, 0.5) is 0 Å². The zero-order chi connectivity index (χ0) is 14.2. The van der Waals surface area contributed by atoms with E-state index >= 15 is 0 Å². The summed E-state index contributed by atoms with van der Waals surface area (Å²) >= 11 is 0. The van der Waals surface area contributed by atoms with Crippen molar-refractivity contribution in [3.8, 4) is 0 Å². The van der Waals surface area contributed by atoms with E-state index < -0.39 is 5.97 Å². The fourth-order valence-corrected chi connectivity index (χ4v) is 3.56. The van der Waals surface area contributed by atoms with Crippen molar-refractivity contribution in [2.24, 2.45) is 11.3 Å². The van der Waals surface area contributed by atoms with Crippen LogP contribution in [0.15, 0.2) is 24.3 Å². The third-order valence-electron chi connectivity index (χ3n) is 4.02. The Morgan fingerprint density at radius 3 is 2.37 bits per heavy atom. The van der Waals surface area contributed by atoms with Crippen molar-refractivity contribution < 1.29 is 9.90 Å². The number of carboxylic acids is 1. The fourth-order valence-electron chi connectivity index (χ4n) is 3.56. The minimum absolute atomic E-state index is 0.355. The van der Waals surface area contributed by atoms with Gasteiger partial charge in [-0.2, -0.15) is 0 Å². The lowest BCUT2D eigenvalue weighted by Crippen LogP contribution is -2.63. The first-order valence-corrected chi connectivity index (χ1v) is 6.87. The molecule has 1 N–H and O–H groups in total. The van der Waals surface area contributed by atoms with Crippen LogP contribution in [-0.4, -0.2) is 28.6 Å². The van der Waals surface area contributed by atoms with E-state index in [0.29, 0.717) is 22.9 Å². The SMILES string of the molecule is CC(C)C1N(Cc2ccc(C(=O)O)cc2)CC1(C)C. The lowest BCUT2D eigenvalue weighted by molar-refractivity contribution is -0.0806. The molecule has 0 radical (unpaired) electrons. The normalized spacial score (nSPS) is 22.3. The first-order chi connectivity index (χ1) is 8.81. The number of nitrogens with zero attached hydrogens (tertiary/aromatic N) is 1. The van der Waals surface area contributed by atoms with Crippen molar-refractivity contribution in [1.29, 1.82) is 0 Å². The minimum Gasteiger partial charge on any atom is -0.478 e. The molecule has 1 atom stereocenters. The lowest BCUT2D eigenvalue weighted by atomic mass is 9.70. The van der Waals surface area contributed by atoms with Gasteiger partial charge in [0, 0.05) is 19.1 Å². The van der Waals surface area contributed by atoms with Gasteiger partial charge in [0.25, 0.3) is 0 Å². The first-order valence-electron chi connectivity index (χ1n) is 6.87. The zero-order valence-corrected chi connectivity index (χ0v) is 12.2. The Bertz CT molecular complexity index is 462. The van der Waals surface area contributed by atoms with Crippen LogP contribution in [0.2, 0.25) is 0 Å². The maximum atomic E-state index is 10.8. The summed E-state index contributed by atoms with van der Waals surface area (Å²) < 4.78 is 0. The number of benzene rings is 1. The second-order valence-electron chi connectivity index (χ2n) is 6.58. The zero-order valence-electron chi connectivity index (χ0n) is 12.2. The average molecular weight is 261 g/mol. The van der Waals surface area contributed by atoms with Gasteiger partial charge in [0.1, 0.15) is 0 Å². The van der Waals surface area contributed by atoms with E-state index in [4.69, 9.17) is 5.11 Å². The van der Waals surface area contributed by atoms with Crippen LogP contribution in [0.25, 0.3) is 0 Å². The van der Waals surface area contributed by atoms with Crippen molar-refractivity contribution in [1.82, 2.24) is 4.90 Å². The summed E-state index contributed by atoms with van der Waals surface area (Å²) in [4.78, 5) is 13.3. The van der Waals surface area contributed by atoms with Gasteiger partial charge in [-0.3, -0.25) is 4.90 Å². The van der Waals surface area contributed by atoms with Gasteiger partial charge in [0.15, 0.2) is 0 Å². The highest BCUT2D eigenvalue weighted by molar-refractivity contribution is 5.87. The predicted molar refractivity (Wildman–Crippen MR) is 76.2 cm³/mol. The van der Waals surface area contributed by atoms with E-state index in [2.05, 4.69) is 32.6 Å². The summed E-state index contributed by atoms with van der Waals surface area (Å²) in [5.74, 6) is -0.223. The van der Waals surface area contributed by atoms with Crippen molar-refractivity contribution in [3.05, 3.63) is 35.4 Å². The number of rotatable bonds is 4. The summed E-state index contributed by atoms with van der Waals surface area (Å²) in [6.07, 6.45) is 0. The van der Waals surface area contributed by atoms with Gasteiger partial charge in [-0.1, -0.05) is 39.8 Å². The molecule has 1 unspecified atom stereocenters. The number of hydrogen-bond donors (Lipinski definition) is 1. The van der Waals surface area contributed by atoms with Gasteiger partial charge >= 0.3 is 5.97 Å². The van der Waals surface area contributed by atoms with Crippen molar-refractivity contribution >= 4 is 5.97 Å². The molecule has 1 aromatic carbocycles. The molecule has 0 spiro atoms. The number of hydrogen-bond acceptors (Lipinski definition) is 2. The van der Waals surface area contributed by atoms with Gasteiger partial charge in [0.2, 0.25) is 0 Å². The van der Waals surface area contributed by atoms with Crippen LogP contribution in [0.3, 0.4) is 0 Å². The molecule has 0 aliphatic carbocycles. The topological polar surface area (TPSA) is 40.5 Å². The second-order valence-corrected chi connectivity index (χ2v) is 6.58. The standard InChI is InChI=1S/C16H23NO2/c1-11(2)14-16(3,4)10-17(14)9-12-5-7-13(8-6-12)15(18)19/h5-8,11,14H,9-10H2,1-4H3,(H,18,19). The summed E-state index contributed by atoms with van der Waals surface area (Å²) in [7, 11) is 0. The molecule has 104 valence electrons. The van der Waals surface area contributed by atoms with E-state index in [1.165, 1.54) is 5.56 Å². The van der Waals surface area contributed by atoms with E-state index in [9.17, 15) is 4.79 Å². The minimum atomic E-state index is -0.864. The maximum Gasteiger partial charge on any atom is 0.335 e. The number of carboxylic acid groups (broad SMARTS) is 1. The molecular formula is C16H23NO2. The third-order valence-corrected chi connectivity index (χ3v) is 4.02. The summed E-state index contributed by atoms with van der Waals surface area (Å²) in [6, 6.07) is 7.82. The quantitative estimate of drug-likeness (QED) is 0.904. The Morgan fingerprint density at radius 2 is 1.95 bits per heavy atom. The van der Waals surface area contributed by atoms with Gasteiger partial charge in [-0.25, -0.2) is 4.79 Å². The van der Waals surface area contributed by atoms with Crippen LogP contribution in [-0.2, 0) is 6.54 Å². The maximum absolute atomic E-state index is 10.8. The van der Waals surface area contributed by atoms with Crippen molar-refractivity contribution in [2.45, 2.75) is 40.3 Å². The lowest BCUT2D eigenvalue weighted by Gasteiger charge is -2.56. The van der Waals surface area contributed by atoms with Crippen LogP contribution >= 0.6 is 0 Å². The Labute approximate surface area is 115 Å². The number of aromatic carboxylic acids is 1. The molecule has 1 aromatic rings. The van der Waals surface area contributed by atoms with E-state index in [1.54, 1.807) is 12.1 Å². The monoisotopic (exact) mass is 261 g/mol. The van der Waals surface area contributed by atoms with E-state index in [-0.39, 0.29) is 0 Å². The highest BCUT2D eigenvalue weighted by Gasteiger charge is 2.46. The Balaban J connectivity index is 2.04. The summed E-state index contributed by atoms with van der Waals surface area (Å²) in [5, 5.41) is 8.89. The fraction of sp³-hybridized carbons (Fsp3) is 0.562. The molecule has 0 saturated carbocycles. The van der Waals surface area contributed by atoms with Gasteiger partial charge < -0.3 is 5.11 Å². The molecule has 1 aliphatic rings. The van der Waals surface area contributed by atoms with Crippen LogP contribution in [0, 0.1) is 11.3 Å². The third kappa shape index (κ3) is 2.81. The predicted octanol–water partition coefficient (Wildman–Crippen LogP) is 3.25. The molecule has 1 saturated heterocycles. The molecule has 0 amide bonds. The molecule has 0 aromatic heterocycles. The Hall–Kier alpha value is -1.35. The van der Waals surface area contributed by atoms with Crippen molar-refractivity contribution in [2.75, 3.05) is 6.54 Å². The number of likely N-dealkylation sites (tertiary alicyclic amines) is 1. The first kappa shape index (κ1) is 14.1. The molecule has 1 aliphatic heterocycles. The Morgan fingerprint density at radius 1 is 1.37 bits per heavy atom. The van der Waals surface area contributed by atoms with E-state index in [0.717, 1.165) is 13.1 Å².